The van der Waals surface area contributed by atoms with Crippen LogP contribution in [-0.2, 0) is 0 Å². The Morgan fingerprint density at radius 1 is 1.00 bits per heavy atom. The fourth-order valence-electron chi connectivity index (χ4n) is 1.53. The molecule has 2 aromatic rings. The highest BCUT2D eigenvalue weighted by molar-refractivity contribution is 5.90. The van der Waals surface area contributed by atoms with Crippen molar-refractivity contribution >= 4 is 17.6 Å². The lowest BCUT2D eigenvalue weighted by Gasteiger charge is -2.03. The first-order valence-electron chi connectivity index (χ1n) is 5.21. The molecule has 0 saturated heterocycles. The normalized spacial score (nSPS) is 10.8. The molecule has 0 saturated carbocycles. The van der Waals surface area contributed by atoms with Crippen LogP contribution in [0.2, 0.25) is 0 Å². The van der Waals surface area contributed by atoms with Gasteiger partial charge in [-0.2, -0.15) is 0 Å². The molecule has 2 heteroatoms. The predicted molar refractivity (Wildman–Crippen MR) is 69.3 cm³/mol. The molecule has 0 heterocycles. The molecule has 2 nitrogen and oxygen atoms in total. The zero-order valence-corrected chi connectivity index (χ0v) is 9.22. The zero-order valence-electron chi connectivity index (χ0n) is 9.22. The number of anilines is 1. The quantitative estimate of drug-likeness (QED) is 0.599. The minimum atomic E-state index is 0.764. The number of hydrogen-bond donors (Lipinski definition) is 1. The second-order valence-electron chi connectivity index (χ2n) is 3.67. The Bertz CT molecular complexity index is 481. The van der Waals surface area contributed by atoms with Gasteiger partial charge in [-0.05, 0) is 30.7 Å². The molecule has 0 fully saturated rings. The van der Waals surface area contributed by atoms with Crippen LogP contribution in [0.15, 0.2) is 53.5 Å². The van der Waals surface area contributed by atoms with Gasteiger partial charge < -0.3 is 5.73 Å². The van der Waals surface area contributed by atoms with Crippen LogP contribution in [0.25, 0.3) is 0 Å². The summed E-state index contributed by atoms with van der Waals surface area (Å²) in [4.78, 5) is 4.39. The molecule has 2 N–H and O–H groups in total. The summed E-state index contributed by atoms with van der Waals surface area (Å²) in [5, 5.41) is 0. The van der Waals surface area contributed by atoms with Crippen LogP contribution in [0.1, 0.15) is 11.1 Å². The van der Waals surface area contributed by atoms with E-state index in [4.69, 9.17) is 5.73 Å². The predicted octanol–water partition coefficient (Wildman–Crippen LogP) is 3.33. The first kappa shape index (κ1) is 10.4. The van der Waals surface area contributed by atoms with Crippen molar-refractivity contribution in [3.8, 4) is 0 Å². The molecule has 0 radical (unpaired) electrons. The molecule has 2 rings (SSSR count). The van der Waals surface area contributed by atoms with E-state index in [1.165, 1.54) is 0 Å². The summed E-state index contributed by atoms with van der Waals surface area (Å²) in [6, 6.07) is 15.7. The van der Waals surface area contributed by atoms with Crippen molar-refractivity contribution in [1.29, 1.82) is 0 Å². The zero-order chi connectivity index (χ0) is 11.4. The molecule has 0 aliphatic carbocycles. The smallest absolute Gasteiger partial charge is 0.0629 e. The van der Waals surface area contributed by atoms with Gasteiger partial charge in [-0.25, -0.2) is 0 Å². The maximum atomic E-state index is 5.89. The molecule has 80 valence electrons. The van der Waals surface area contributed by atoms with Crippen LogP contribution in [0.3, 0.4) is 0 Å². The van der Waals surface area contributed by atoms with Crippen LogP contribution in [0.4, 0.5) is 11.4 Å². The van der Waals surface area contributed by atoms with E-state index in [2.05, 4.69) is 4.99 Å². The minimum Gasteiger partial charge on any atom is -0.398 e. The molecule has 0 atom stereocenters. The van der Waals surface area contributed by atoms with E-state index in [-0.39, 0.29) is 0 Å². The number of aryl methyl sites for hydroxylation is 1. The lowest BCUT2D eigenvalue weighted by atomic mass is 10.1. The summed E-state index contributed by atoms with van der Waals surface area (Å²) < 4.78 is 0. The van der Waals surface area contributed by atoms with Gasteiger partial charge in [0.1, 0.15) is 0 Å². The largest absolute Gasteiger partial charge is 0.398 e. The van der Waals surface area contributed by atoms with E-state index in [9.17, 15) is 0 Å². The first-order chi connectivity index (χ1) is 7.77. The van der Waals surface area contributed by atoms with Gasteiger partial charge in [-0.3, -0.25) is 4.99 Å². The Hall–Kier alpha value is -2.09. The van der Waals surface area contributed by atoms with Crippen molar-refractivity contribution in [2.45, 2.75) is 6.92 Å². The van der Waals surface area contributed by atoms with Crippen LogP contribution >= 0.6 is 0 Å². The van der Waals surface area contributed by atoms with Gasteiger partial charge in [0.2, 0.25) is 0 Å². The van der Waals surface area contributed by atoms with Crippen molar-refractivity contribution in [1.82, 2.24) is 0 Å². The van der Waals surface area contributed by atoms with Crippen LogP contribution in [0, 0.1) is 6.92 Å². The number of aliphatic imine (C=N–C) groups is 1. The monoisotopic (exact) mass is 210 g/mol. The van der Waals surface area contributed by atoms with Gasteiger partial charge in [0.05, 0.1) is 5.69 Å². The Balaban J connectivity index is 2.31. The molecule has 0 amide bonds. The van der Waals surface area contributed by atoms with Crippen molar-refractivity contribution < 1.29 is 0 Å². The van der Waals surface area contributed by atoms with Crippen molar-refractivity contribution in [2.75, 3.05) is 5.73 Å². The van der Waals surface area contributed by atoms with Crippen LogP contribution < -0.4 is 5.73 Å². The van der Waals surface area contributed by atoms with Crippen LogP contribution in [0.5, 0.6) is 0 Å². The maximum Gasteiger partial charge on any atom is 0.0629 e. The van der Waals surface area contributed by atoms with Crippen molar-refractivity contribution in [3.63, 3.8) is 0 Å². The second-order valence-corrected chi connectivity index (χ2v) is 3.67. The molecular formula is C14H14N2. The Morgan fingerprint density at radius 2 is 1.75 bits per heavy atom. The summed E-state index contributed by atoms with van der Waals surface area (Å²) in [7, 11) is 0. The third-order valence-corrected chi connectivity index (χ3v) is 2.46. The highest BCUT2D eigenvalue weighted by atomic mass is 14.7. The number of hydrogen-bond acceptors (Lipinski definition) is 2. The lowest BCUT2D eigenvalue weighted by molar-refractivity contribution is 1.44. The summed E-state index contributed by atoms with van der Waals surface area (Å²) in [6.45, 7) is 2.03. The molecule has 0 aliphatic rings. The summed E-state index contributed by atoms with van der Waals surface area (Å²) in [5.41, 5.74) is 9.72. The summed E-state index contributed by atoms with van der Waals surface area (Å²) >= 11 is 0. The Labute approximate surface area is 95.5 Å². The number of nitrogens with two attached hydrogens (primary N) is 1. The number of para-hydroxylation sites is 1. The third kappa shape index (κ3) is 2.28. The molecular weight excluding hydrogens is 196 g/mol. The fraction of sp³-hybridized carbons (Fsp3) is 0.0714. The summed E-state index contributed by atoms with van der Waals surface area (Å²) in [5.74, 6) is 0. The average molecular weight is 210 g/mol. The number of nitrogens with zero attached hydrogens (tertiary/aromatic N) is 1. The average Bonchev–Trinajstić information content (AvgIpc) is 2.30. The van der Waals surface area contributed by atoms with E-state index in [1.54, 1.807) is 0 Å². The fourth-order valence-corrected chi connectivity index (χ4v) is 1.53. The van der Waals surface area contributed by atoms with E-state index in [0.717, 1.165) is 22.5 Å². The number of rotatable bonds is 2. The molecule has 2 aromatic carbocycles. The lowest BCUT2D eigenvalue weighted by Crippen LogP contribution is -1.95. The van der Waals surface area contributed by atoms with E-state index in [0.29, 0.717) is 0 Å². The number of benzene rings is 2. The molecule has 0 unspecified atom stereocenters. The van der Waals surface area contributed by atoms with Gasteiger partial charge in [-0.1, -0.05) is 30.3 Å². The third-order valence-electron chi connectivity index (χ3n) is 2.46. The molecule has 0 aliphatic heterocycles. The maximum absolute atomic E-state index is 5.89. The van der Waals surface area contributed by atoms with Gasteiger partial charge in [0.25, 0.3) is 0 Å². The highest BCUT2D eigenvalue weighted by Crippen LogP contribution is 2.16. The van der Waals surface area contributed by atoms with E-state index >= 15 is 0 Å². The molecule has 0 aromatic heterocycles. The van der Waals surface area contributed by atoms with Gasteiger partial charge in [0.15, 0.2) is 0 Å². The van der Waals surface area contributed by atoms with Gasteiger partial charge >= 0.3 is 0 Å². The molecule has 0 bridgehead atoms. The Kier molecular flexibility index (Phi) is 3.01. The highest BCUT2D eigenvalue weighted by Gasteiger charge is 1.98. The molecule has 16 heavy (non-hydrogen) atoms. The first-order valence-corrected chi connectivity index (χ1v) is 5.21. The van der Waals surface area contributed by atoms with Crippen molar-refractivity contribution in [2.24, 2.45) is 4.99 Å². The summed E-state index contributed by atoms with van der Waals surface area (Å²) in [6.07, 6.45) is 1.82. The topological polar surface area (TPSA) is 38.4 Å². The second kappa shape index (κ2) is 4.62. The van der Waals surface area contributed by atoms with Gasteiger partial charge in [-0.15, -0.1) is 0 Å². The van der Waals surface area contributed by atoms with Crippen molar-refractivity contribution in [3.05, 3.63) is 59.7 Å². The Morgan fingerprint density at radius 3 is 2.44 bits per heavy atom. The van der Waals surface area contributed by atoms with E-state index in [1.807, 2.05) is 61.7 Å². The molecule has 0 spiro atoms. The van der Waals surface area contributed by atoms with Gasteiger partial charge in [0, 0.05) is 17.5 Å². The van der Waals surface area contributed by atoms with E-state index < -0.39 is 0 Å². The minimum absolute atomic E-state index is 0.764. The van der Waals surface area contributed by atoms with Crippen LogP contribution in [-0.4, -0.2) is 6.21 Å². The number of nitrogen functional groups attached to an aromatic ring is 1. The SMILES string of the molecule is Cc1cccc(N)c1C=Nc1ccccc1. The standard InChI is InChI=1S/C14H14N2/c1-11-6-5-9-14(15)13(11)10-16-12-7-3-2-4-8-12/h2-10H,15H2,1H3.